The van der Waals surface area contributed by atoms with Crippen LogP contribution in [0.2, 0.25) is 0 Å². The van der Waals surface area contributed by atoms with Gasteiger partial charge in [0.15, 0.2) is 0 Å². The molecule has 0 aliphatic rings. The molecule has 17 heavy (non-hydrogen) atoms. The maximum absolute atomic E-state index is 10.2. The first kappa shape index (κ1) is 14.0. The predicted octanol–water partition coefficient (Wildman–Crippen LogP) is 3.91. The van der Waals surface area contributed by atoms with Crippen LogP contribution in [0.4, 0.5) is 5.69 Å². The van der Waals surface area contributed by atoms with Gasteiger partial charge >= 0.3 is 0 Å². The highest BCUT2D eigenvalue weighted by Crippen LogP contribution is 2.26. The molecule has 3 N–H and O–H groups in total. The largest absolute Gasteiger partial charge is 0.399 e. The van der Waals surface area contributed by atoms with Crippen molar-refractivity contribution in [1.82, 2.24) is 0 Å². The Morgan fingerprint density at radius 2 is 1.82 bits per heavy atom. The smallest absolute Gasteiger partial charge is 0.0792 e. The minimum absolute atomic E-state index is 0.350. The fraction of sp³-hybridized carbons (Fsp3) is 0.600. The molecule has 1 aromatic carbocycles. The highest BCUT2D eigenvalue weighted by molar-refractivity contribution is 5.39. The number of nitrogens with two attached hydrogens (primary N) is 1. The van der Waals surface area contributed by atoms with Gasteiger partial charge in [-0.15, -0.1) is 0 Å². The van der Waals surface area contributed by atoms with Gasteiger partial charge in [0.05, 0.1) is 6.10 Å². The van der Waals surface area contributed by atoms with E-state index in [1.54, 1.807) is 0 Å². The zero-order chi connectivity index (χ0) is 12.7. The van der Waals surface area contributed by atoms with E-state index in [9.17, 15) is 5.11 Å². The average Bonchev–Trinajstić information content (AvgIpc) is 2.35. The molecule has 1 aromatic rings. The lowest BCUT2D eigenvalue weighted by molar-refractivity contribution is 0.139. The van der Waals surface area contributed by atoms with E-state index in [0.29, 0.717) is 5.92 Å². The van der Waals surface area contributed by atoms with Crippen molar-refractivity contribution < 1.29 is 5.11 Å². The molecule has 0 heterocycles. The van der Waals surface area contributed by atoms with Gasteiger partial charge < -0.3 is 10.8 Å². The Hall–Kier alpha value is -1.02. The minimum atomic E-state index is -0.350. The SMILES string of the molecule is CCCCC(CC)CC(O)c1ccc(N)cc1. The van der Waals surface area contributed by atoms with Crippen molar-refractivity contribution in [2.24, 2.45) is 5.92 Å². The lowest BCUT2D eigenvalue weighted by Crippen LogP contribution is -2.07. The number of unbranched alkanes of at least 4 members (excludes halogenated alkanes) is 1. The van der Waals surface area contributed by atoms with Gasteiger partial charge in [-0.25, -0.2) is 0 Å². The number of hydrogen-bond donors (Lipinski definition) is 2. The Bertz CT molecular complexity index is 307. The number of nitrogen functional groups attached to an aromatic ring is 1. The molecule has 96 valence electrons. The molecule has 1 rings (SSSR count). The van der Waals surface area contributed by atoms with Crippen molar-refractivity contribution in [3.05, 3.63) is 29.8 Å². The van der Waals surface area contributed by atoms with Gasteiger partial charge in [0, 0.05) is 5.69 Å². The summed E-state index contributed by atoms with van der Waals surface area (Å²) < 4.78 is 0. The van der Waals surface area contributed by atoms with E-state index in [4.69, 9.17) is 5.73 Å². The van der Waals surface area contributed by atoms with Crippen LogP contribution in [0, 0.1) is 5.92 Å². The molecule has 0 radical (unpaired) electrons. The van der Waals surface area contributed by atoms with E-state index in [0.717, 1.165) is 24.1 Å². The van der Waals surface area contributed by atoms with Crippen molar-refractivity contribution in [2.45, 2.75) is 52.1 Å². The van der Waals surface area contributed by atoms with E-state index in [2.05, 4.69) is 13.8 Å². The Kier molecular flexibility index (Phi) is 6.06. The first-order valence-electron chi connectivity index (χ1n) is 6.70. The van der Waals surface area contributed by atoms with Crippen LogP contribution in [0.1, 0.15) is 57.6 Å². The van der Waals surface area contributed by atoms with Crippen molar-refractivity contribution in [2.75, 3.05) is 5.73 Å². The summed E-state index contributed by atoms with van der Waals surface area (Å²) in [6.07, 6.45) is 5.37. The second-order valence-corrected chi connectivity index (χ2v) is 4.83. The Morgan fingerprint density at radius 1 is 1.18 bits per heavy atom. The van der Waals surface area contributed by atoms with Crippen LogP contribution in [0.5, 0.6) is 0 Å². The van der Waals surface area contributed by atoms with E-state index < -0.39 is 0 Å². The summed E-state index contributed by atoms with van der Waals surface area (Å²) in [4.78, 5) is 0. The van der Waals surface area contributed by atoms with E-state index in [1.165, 1.54) is 19.3 Å². The number of rotatable bonds is 7. The molecule has 0 saturated heterocycles. The second-order valence-electron chi connectivity index (χ2n) is 4.83. The minimum Gasteiger partial charge on any atom is -0.399 e. The Morgan fingerprint density at radius 3 is 2.35 bits per heavy atom. The molecule has 0 saturated carbocycles. The van der Waals surface area contributed by atoms with Gasteiger partial charge in [-0.05, 0) is 30.0 Å². The number of hydrogen-bond acceptors (Lipinski definition) is 2. The molecule has 0 fully saturated rings. The number of benzene rings is 1. The van der Waals surface area contributed by atoms with Crippen LogP contribution >= 0.6 is 0 Å². The third kappa shape index (κ3) is 4.78. The molecule has 2 nitrogen and oxygen atoms in total. The van der Waals surface area contributed by atoms with Gasteiger partial charge in [0.1, 0.15) is 0 Å². The van der Waals surface area contributed by atoms with Crippen LogP contribution in [0.3, 0.4) is 0 Å². The lowest BCUT2D eigenvalue weighted by atomic mass is 9.90. The van der Waals surface area contributed by atoms with Gasteiger partial charge in [-0.3, -0.25) is 0 Å². The summed E-state index contributed by atoms with van der Waals surface area (Å²) in [7, 11) is 0. The number of aliphatic hydroxyl groups excluding tert-OH is 1. The molecular weight excluding hydrogens is 210 g/mol. The van der Waals surface area contributed by atoms with Crippen molar-refractivity contribution in [3.8, 4) is 0 Å². The first-order valence-corrected chi connectivity index (χ1v) is 6.70. The molecule has 2 heteroatoms. The fourth-order valence-electron chi connectivity index (χ4n) is 2.15. The molecule has 0 amide bonds. The van der Waals surface area contributed by atoms with E-state index >= 15 is 0 Å². The summed E-state index contributed by atoms with van der Waals surface area (Å²) in [6.45, 7) is 4.42. The first-order chi connectivity index (χ1) is 8.17. The third-order valence-electron chi connectivity index (χ3n) is 3.42. The van der Waals surface area contributed by atoms with Crippen LogP contribution in [-0.2, 0) is 0 Å². The predicted molar refractivity (Wildman–Crippen MR) is 73.7 cm³/mol. The van der Waals surface area contributed by atoms with Crippen LogP contribution < -0.4 is 5.73 Å². The summed E-state index contributed by atoms with van der Waals surface area (Å²) in [5.74, 6) is 0.627. The standard InChI is InChI=1S/C15H25NO/c1-3-5-6-12(4-2)11-15(17)13-7-9-14(16)10-8-13/h7-10,12,15,17H,3-6,11,16H2,1-2H3. The van der Waals surface area contributed by atoms with Gasteiger partial charge in [0.25, 0.3) is 0 Å². The van der Waals surface area contributed by atoms with Crippen molar-refractivity contribution in [1.29, 1.82) is 0 Å². The lowest BCUT2D eigenvalue weighted by Gasteiger charge is -2.19. The molecule has 0 spiro atoms. The van der Waals surface area contributed by atoms with Crippen LogP contribution in [0.15, 0.2) is 24.3 Å². The molecule has 0 aromatic heterocycles. The summed E-state index contributed by atoms with van der Waals surface area (Å²) in [5, 5.41) is 10.2. The van der Waals surface area contributed by atoms with Crippen LogP contribution in [-0.4, -0.2) is 5.11 Å². The molecule has 0 bridgehead atoms. The van der Waals surface area contributed by atoms with Gasteiger partial charge in [-0.1, -0.05) is 51.7 Å². The molecule has 2 unspecified atom stereocenters. The summed E-state index contributed by atoms with van der Waals surface area (Å²) >= 11 is 0. The quantitative estimate of drug-likeness (QED) is 0.704. The monoisotopic (exact) mass is 235 g/mol. The Balaban J connectivity index is 2.51. The normalized spacial score (nSPS) is 14.5. The van der Waals surface area contributed by atoms with Crippen LogP contribution in [0.25, 0.3) is 0 Å². The maximum Gasteiger partial charge on any atom is 0.0792 e. The maximum atomic E-state index is 10.2. The molecular formula is C15H25NO. The Labute approximate surface area is 105 Å². The fourth-order valence-corrected chi connectivity index (χ4v) is 2.15. The number of anilines is 1. The summed E-state index contributed by atoms with van der Waals surface area (Å²) in [5.41, 5.74) is 7.37. The third-order valence-corrected chi connectivity index (χ3v) is 3.42. The van der Waals surface area contributed by atoms with Crippen molar-refractivity contribution in [3.63, 3.8) is 0 Å². The average molecular weight is 235 g/mol. The zero-order valence-corrected chi connectivity index (χ0v) is 11.0. The van der Waals surface area contributed by atoms with Crippen molar-refractivity contribution >= 4 is 5.69 Å². The molecule has 2 atom stereocenters. The molecule has 0 aliphatic carbocycles. The molecule has 0 aliphatic heterocycles. The van der Waals surface area contributed by atoms with Gasteiger partial charge in [-0.2, -0.15) is 0 Å². The number of aliphatic hydroxyl groups is 1. The van der Waals surface area contributed by atoms with E-state index in [-0.39, 0.29) is 6.10 Å². The summed E-state index contributed by atoms with van der Waals surface area (Å²) in [6, 6.07) is 7.55. The highest BCUT2D eigenvalue weighted by Gasteiger charge is 2.14. The van der Waals surface area contributed by atoms with Gasteiger partial charge in [0.2, 0.25) is 0 Å². The topological polar surface area (TPSA) is 46.2 Å². The zero-order valence-electron chi connectivity index (χ0n) is 11.0. The van der Waals surface area contributed by atoms with E-state index in [1.807, 2.05) is 24.3 Å². The highest BCUT2D eigenvalue weighted by atomic mass is 16.3. The second kappa shape index (κ2) is 7.33.